The van der Waals surface area contributed by atoms with Crippen LogP contribution < -0.4 is 0 Å². The third kappa shape index (κ3) is 5.29. The van der Waals surface area contributed by atoms with Gasteiger partial charge in [-0.15, -0.1) is 0 Å². The van der Waals surface area contributed by atoms with Gasteiger partial charge in [0, 0.05) is 25.8 Å². The lowest BCUT2D eigenvalue weighted by Gasteiger charge is -2.10. The molecule has 1 N–H and O–H groups in total. The number of rotatable bonds is 6. The van der Waals surface area contributed by atoms with Crippen molar-refractivity contribution in [1.82, 2.24) is 4.98 Å². The molecule has 0 amide bonds. The second-order valence-corrected chi connectivity index (χ2v) is 6.16. The van der Waals surface area contributed by atoms with E-state index in [0.29, 0.717) is 12.8 Å². The van der Waals surface area contributed by atoms with E-state index in [4.69, 9.17) is 21.1 Å². The van der Waals surface area contributed by atoms with E-state index in [0.717, 1.165) is 6.42 Å². The first-order valence-electron chi connectivity index (χ1n) is 8.34. The molecule has 1 fully saturated rings. The molecule has 26 heavy (non-hydrogen) atoms. The standard InChI is InChI=1S/C18H21ClN2O5/c1-3-25-18(24)15(16(23)14-5-4-8-20-17(14)19)10-21-12-6-7-13(9-12)26-11(2)22/h4-5,8,10,12-13,23H,3,6-7,9H2,1-2H3/t12-,13-/m1/s1. The van der Waals surface area contributed by atoms with E-state index in [1.54, 1.807) is 19.1 Å². The number of aromatic nitrogens is 1. The number of halogens is 1. The van der Waals surface area contributed by atoms with E-state index in [2.05, 4.69) is 9.98 Å². The van der Waals surface area contributed by atoms with Crippen molar-refractivity contribution in [2.75, 3.05) is 6.61 Å². The maximum Gasteiger partial charge on any atom is 0.343 e. The van der Waals surface area contributed by atoms with Crippen molar-refractivity contribution in [3.63, 3.8) is 0 Å². The Labute approximate surface area is 156 Å². The average molecular weight is 381 g/mol. The highest BCUT2D eigenvalue weighted by molar-refractivity contribution is 6.31. The summed E-state index contributed by atoms with van der Waals surface area (Å²) in [5.74, 6) is -1.38. The molecule has 140 valence electrons. The second-order valence-electron chi connectivity index (χ2n) is 5.80. The third-order valence-corrected chi connectivity index (χ3v) is 4.17. The lowest BCUT2D eigenvalue weighted by molar-refractivity contribution is -0.146. The van der Waals surface area contributed by atoms with Gasteiger partial charge in [-0.2, -0.15) is 0 Å². The molecule has 0 aliphatic heterocycles. The zero-order valence-corrected chi connectivity index (χ0v) is 15.4. The largest absolute Gasteiger partial charge is 0.506 e. The van der Waals surface area contributed by atoms with Crippen LogP contribution in [-0.4, -0.2) is 47.0 Å². The maximum absolute atomic E-state index is 12.2. The van der Waals surface area contributed by atoms with Gasteiger partial charge in [-0.25, -0.2) is 9.78 Å². The van der Waals surface area contributed by atoms with Crippen LogP contribution in [0, 0.1) is 0 Å². The molecule has 0 aromatic carbocycles. The quantitative estimate of drug-likeness (QED) is 0.268. The monoisotopic (exact) mass is 380 g/mol. The minimum absolute atomic E-state index is 0.0657. The predicted octanol–water partition coefficient (Wildman–Crippen LogP) is 3.12. The fraction of sp³-hybridized carbons (Fsp3) is 0.444. The number of ether oxygens (including phenoxy) is 2. The zero-order valence-electron chi connectivity index (χ0n) is 14.6. The zero-order chi connectivity index (χ0) is 19.1. The van der Waals surface area contributed by atoms with E-state index in [-0.39, 0.29) is 46.8 Å². The van der Waals surface area contributed by atoms with Crippen LogP contribution in [0.1, 0.15) is 38.7 Å². The van der Waals surface area contributed by atoms with E-state index < -0.39 is 5.97 Å². The Hall–Kier alpha value is -2.41. The van der Waals surface area contributed by atoms with Crippen molar-refractivity contribution >= 4 is 35.5 Å². The van der Waals surface area contributed by atoms with Gasteiger partial charge in [0.05, 0.1) is 18.2 Å². The second kappa shape index (κ2) is 9.33. The van der Waals surface area contributed by atoms with E-state index in [1.807, 2.05) is 0 Å². The number of nitrogens with zero attached hydrogens (tertiary/aromatic N) is 2. The summed E-state index contributed by atoms with van der Waals surface area (Å²) in [6, 6.07) is 3.03. The van der Waals surface area contributed by atoms with Gasteiger partial charge in [-0.3, -0.25) is 9.79 Å². The molecule has 8 heteroatoms. The smallest absolute Gasteiger partial charge is 0.343 e. The van der Waals surface area contributed by atoms with Gasteiger partial charge in [0.2, 0.25) is 0 Å². The fourth-order valence-electron chi connectivity index (χ4n) is 2.70. The highest BCUT2D eigenvalue weighted by atomic mass is 35.5. The Kier molecular flexibility index (Phi) is 7.15. The van der Waals surface area contributed by atoms with Crippen LogP contribution in [0.5, 0.6) is 0 Å². The van der Waals surface area contributed by atoms with Crippen LogP contribution in [0.4, 0.5) is 0 Å². The van der Waals surface area contributed by atoms with Crippen molar-refractivity contribution in [3.05, 3.63) is 34.6 Å². The molecular weight excluding hydrogens is 360 g/mol. The van der Waals surface area contributed by atoms with Crippen LogP contribution in [0.15, 0.2) is 28.9 Å². The maximum atomic E-state index is 12.2. The van der Waals surface area contributed by atoms with Gasteiger partial charge in [-0.05, 0) is 31.9 Å². The number of aliphatic hydroxyl groups excluding tert-OH is 1. The summed E-state index contributed by atoms with van der Waals surface area (Å²) in [5, 5.41) is 10.6. The van der Waals surface area contributed by atoms with Gasteiger partial charge >= 0.3 is 11.9 Å². The Morgan fingerprint density at radius 1 is 1.46 bits per heavy atom. The van der Waals surface area contributed by atoms with Gasteiger partial charge in [0.25, 0.3) is 0 Å². The summed E-state index contributed by atoms with van der Waals surface area (Å²) < 4.78 is 10.2. The minimum atomic E-state index is -0.705. The van der Waals surface area contributed by atoms with E-state index >= 15 is 0 Å². The van der Waals surface area contributed by atoms with Crippen molar-refractivity contribution in [2.24, 2.45) is 4.99 Å². The molecular formula is C18H21ClN2O5. The molecule has 1 aromatic heterocycles. The molecule has 0 saturated heterocycles. The fourth-order valence-corrected chi connectivity index (χ4v) is 2.91. The number of esters is 2. The molecule has 2 rings (SSSR count). The van der Waals surface area contributed by atoms with Gasteiger partial charge in [0.15, 0.2) is 0 Å². The number of carbonyl (C=O) groups is 2. The molecule has 1 aliphatic rings. The lowest BCUT2D eigenvalue weighted by atomic mass is 10.1. The van der Waals surface area contributed by atoms with E-state index in [9.17, 15) is 14.7 Å². The summed E-state index contributed by atoms with van der Waals surface area (Å²) in [5.41, 5.74) is 0.116. The first-order valence-corrected chi connectivity index (χ1v) is 8.71. The minimum Gasteiger partial charge on any atom is -0.506 e. The van der Waals surface area contributed by atoms with Crippen LogP contribution >= 0.6 is 11.6 Å². The highest BCUT2D eigenvalue weighted by Gasteiger charge is 2.27. The van der Waals surface area contributed by atoms with Crippen molar-refractivity contribution in [1.29, 1.82) is 0 Å². The van der Waals surface area contributed by atoms with Crippen LogP contribution in [0.2, 0.25) is 5.15 Å². The molecule has 1 saturated carbocycles. The Morgan fingerprint density at radius 3 is 2.88 bits per heavy atom. The molecule has 0 bridgehead atoms. The molecule has 1 aliphatic carbocycles. The SMILES string of the molecule is CCOC(=O)C(C=N[C@@H]1CC[C@@H](OC(C)=O)C1)=C(O)c1cccnc1Cl. The number of carbonyl (C=O) groups excluding carboxylic acids is 2. The molecule has 0 spiro atoms. The highest BCUT2D eigenvalue weighted by Crippen LogP contribution is 2.26. The molecule has 7 nitrogen and oxygen atoms in total. The topological polar surface area (TPSA) is 98.1 Å². The number of hydrogen-bond donors (Lipinski definition) is 1. The number of aliphatic hydroxyl groups is 1. The van der Waals surface area contributed by atoms with Crippen LogP contribution in [0.3, 0.4) is 0 Å². The van der Waals surface area contributed by atoms with Crippen molar-refractivity contribution in [2.45, 2.75) is 45.3 Å². The molecule has 2 atom stereocenters. The Balaban J connectivity index is 2.23. The normalized spacial score (nSPS) is 20.7. The Morgan fingerprint density at radius 2 is 2.23 bits per heavy atom. The summed E-state index contributed by atoms with van der Waals surface area (Å²) in [6.45, 7) is 3.19. The van der Waals surface area contributed by atoms with Gasteiger partial charge in [0.1, 0.15) is 22.6 Å². The third-order valence-electron chi connectivity index (χ3n) is 3.87. The van der Waals surface area contributed by atoms with Gasteiger partial charge < -0.3 is 14.6 Å². The molecule has 1 aromatic rings. The summed E-state index contributed by atoms with van der Waals surface area (Å²) in [4.78, 5) is 31.5. The first kappa shape index (κ1) is 19.9. The van der Waals surface area contributed by atoms with Crippen LogP contribution in [0.25, 0.3) is 5.76 Å². The lowest BCUT2D eigenvalue weighted by Crippen LogP contribution is -2.14. The number of aliphatic imine (C=N–C) groups is 1. The number of hydrogen-bond acceptors (Lipinski definition) is 7. The number of pyridine rings is 1. The Bertz CT molecular complexity index is 732. The van der Waals surface area contributed by atoms with Gasteiger partial charge in [-0.1, -0.05) is 11.6 Å². The summed E-state index contributed by atoms with van der Waals surface area (Å²) >= 11 is 5.99. The molecule has 0 radical (unpaired) electrons. The van der Waals surface area contributed by atoms with Crippen molar-refractivity contribution < 1.29 is 24.2 Å². The van der Waals surface area contributed by atoms with Crippen molar-refractivity contribution in [3.8, 4) is 0 Å². The predicted molar refractivity (Wildman–Crippen MR) is 97.1 cm³/mol. The average Bonchev–Trinajstić information content (AvgIpc) is 3.02. The van der Waals surface area contributed by atoms with E-state index in [1.165, 1.54) is 19.3 Å². The summed E-state index contributed by atoms with van der Waals surface area (Å²) in [6.07, 6.45) is 4.59. The summed E-state index contributed by atoms with van der Waals surface area (Å²) in [7, 11) is 0. The molecule has 1 heterocycles. The molecule has 0 unspecified atom stereocenters. The first-order chi connectivity index (χ1) is 12.4. The van der Waals surface area contributed by atoms with Crippen LogP contribution in [-0.2, 0) is 19.1 Å².